The van der Waals surface area contributed by atoms with Crippen molar-refractivity contribution in [3.63, 3.8) is 0 Å². The lowest BCUT2D eigenvalue weighted by Gasteiger charge is -2.25. The largest absolute Gasteiger partial charge is 0.491 e. The van der Waals surface area contributed by atoms with E-state index in [0.29, 0.717) is 31.8 Å². The summed E-state index contributed by atoms with van der Waals surface area (Å²) < 4.78 is 11.3. The van der Waals surface area contributed by atoms with Gasteiger partial charge in [-0.2, -0.15) is 0 Å². The molecule has 2 aromatic rings. The van der Waals surface area contributed by atoms with Crippen LogP contribution in [0.1, 0.15) is 31.7 Å². The minimum atomic E-state index is -0.849. The molecule has 0 atom stereocenters. The van der Waals surface area contributed by atoms with Crippen LogP contribution in [0.3, 0.4) is 0 Å². The molecule has 0 radical (unpaired) electrons. The van der Waals surface area contributed by atoms with Crippen molar-refractivity contribution in [2.75, 3.05) is 50.7 Å². The predicted molar refractivity (Wildman–Crippen MR) is 144 cm³/mol. The lowest BCUT2D eigenvalue weighted by atomic mass is 10.00. The van der Waals surface area contributed by atoms with E-state index in [-0.39, 0.29) is 0 Å². The standard InChI is InChI=1S/C28H34N2O4S/c1-3-4-13-33-14-15-34-25-8-5-21(6-9-25)22-7-10-27-24(16-22)17-23(28(31)32)11-12-30(27)19-26-18-29(2)20-35-26/h5-10,16-18H,3-4,11-15,19-20H2,1-2H3,(H,31,32). The summed E-state index contributed by atoms with van der Waals surface area (Å²) in [6, 6.07) is 14.4. The van der Waals surface area contributed by atoms with Gasteiger partial charge in [0.2, 0.25) is 0 Å². The van der Waals surface area contributed by atoms with E-state index in [1.807, 2.05) is 42.1 Å². The van der Waals surface area contributed by atoms with Crippen molar-refractivity contribution in [1.82, 2.24) is 4.90 Å². The van der Waals surface area contributed by atoms with Crippen molar-refractivity contribution < 1.29 is 19.4 Å². The molecular weight excluding hydrogens is 460 g/mol. The Bertz CT molecular complexity index is 1080. The van der Waals surface area contributed by atoms with Crippen molar-refractivity contribution in [2.24, 2.45) is 0 Å². The van der Waals surface area contributed by atoms with E-state index in [4.69, 9.17) is 9.47 Å². The molecule has 35 heavy (non-hydrogen) atoms. The molecule has 0 saturated heterocycles. The van der Waals surface area contributed by atoms with Gasteiger partial charge in [-0.3, -0.25) is 0 Å². The van der Waals surface area contributed by atoms with E-state index in [2.05, 4.69) is 48.2 Å². The average Bonchev–Trinajstić information content (AvgIpc) is 3.18. The summed E-state index contributed by atoms with van der Waals surface area (Å²) in [5.41, 5.74) is 4.58. The Morgan fingerprint density at radius 2 is 1.89 bits per heavy atom. The third kappa shape index (κ3) is 6.83. The van der Waals surface area contributed by atoms with Crippen LogP contribution in [-0.4, -0.2) is 61.8 Å². The molecule has 0 unspecified atom stereocenters. The first-order valence-corrected chi connectivity index (χ1v) is 13.2. The molecule has 0 spiro atoms. The zero-order chi connectivity index (χ0) is 24.6. The van der Waals surface area contributed by atoms with Crippen LogP contribution in [0.5, 0.6) is 5.75 Å². The smallest absolute Gasteiger partial charge is 0.331 e. The highest BCUT2D eigenvalue weighted by Gasteiger charge is 2.22. The number of thioether (sulfide) groups is 1. The van der Waals surface area contributed by atoms with Crippen LogP contribution in [0, 0.1) is 0 Å². The van der Waals surface area contributed by atoms with E-state index >= 15 is 0 Å². The van der Waals surface area contributed by atoms with Crippen LogP contribution >= 0.6 is 11.8 Å². The third-order valence-electron chi connectivity index (χ3n) is 6.11. The first kappa shape index (κ1) is 25.2. The zero-order valence-electron chi connectivity index (χ0n) is 20.5. The number of fused-ring (bicyclic) bond motifs is 1. The normalized spacial score (nSPS) is 15.4. The molecule has 0 aliphatic carbocycles. The Morgan fingerprint density at radius 3 is 2.60 bits per heavy atom. The monoisotopic (exact) mass is 494 g/mol. The van der Waals surface area contributed by atoms with E-state index in [1.165, 1.54) is 4.91 Å². The summed E-state index contributed by atoms with van der Waals surface area (Å²) in [5.74, 6) is 0.922. The van der Waals surface area contributed by atoms with Crippen molar-refractivity contribution >= 4 is 29.5 Å². The van der Waals surface area contributed by atoms with Gasteiger partial charge < -0.3 is 24.4 Å². The molecule has 186 valence electrons. The fraction of sp³-hybridized carbons (Fsp3) is 0.393. The van der Waals surface area contributed by atoms with E-state index in [9.17, 15) is 9.90 Å². The van der Waals surface area contributed by atoms with Crippen molar-refractivity contribution in [3.05, 3.63) is 64.7 Å². The van der Waals surface area contributed by atoms with Gasteiger partial charge >= 0.3 is 5.97 Å². The summed E-state index contributed by atoms with van der Waals surface area (Å²) in [4.78, 5) is 17.6. The molecule has 2 aliphatic heterocycles. The highest BCUT2D eigenvalue weighted by atomic mass is 32.2. The van der Waals surface area contributed by atoms with Gasteiger partial charge in [0.15, 0.2) is 0 Å². The molecule has 2 aromatic carbocycles. The number of anilines is 1. The lowest BCUT2D eigenvalue weighted by molar-refractivity contribution is -0.132. The number of carbonyl (C=O) groups is 1. The van der Waals surface area contributed by atoms with Crippen LogP contribution in [0.4, 0.5) is 5.69 Å². The summed E-state index contributed by atoms with van der Waals surface area (Å²) in [6.07, 6.45) is 6.73. The minimum absolute atomic E-state index is 0.445. The molecule has 0 fully saturated rings. The number of unbranched alkanes of at least 4 members (excludes halogenated alkanes) is 1. The molecule has 6 nitrogen and oxygen atoms in total. The Kier molecular flexibility index (Phi) is 8.77. The molecule has 2 aliphatic rings. The van der Waals surface area contributed by atoms with E-state index in [0.717, 1.165) is 60.0 Å². The minimum Gasteiger partial charge on any atom is -0.491 e. The summed E-state index contributed by atoms with van der Waals surface area (Å²) >= 11 is 1.84. The molecule has 0 amide bonds. The molecule has 7 heteroatoms. The van der Waals surface area contributed by atoms with Crippen LogP contribution in [0.2, 0.25) is 0 Å². The number of hydrogen-bond acceptors (Lipinski definition) is 6. The maximum atomic E-state index is 11.8. The molecule has 4 rings (SSSR count). The Labute approximate surface area is 212 Å². The van der Waals surface area contributed by atoms with Crippen molar-refractivity contribution in [2.45, 2.75) is 26.2 Å². The van der Waals surface area contributed by atoms with Crippen LogP contribution in [0.25, 0.3) is 17.2 Å². The number of benzene rings is 2. The molecular formula is C28H34N2O4S. The quantitative estimate of drug-likeness (QED) is 0.402. The van der Waals surface area contributed by atoms with Gasteiger partial charge in [0.25, 0.3) is 0 Å². The Morgan fingerprint density at radius 1 is 1.09 bits per heavy atom. The maximum absolute atomic E-state index is 11.8. The number of hydrogen-bond donors (Lipinski definition) is 1. The second-order valence-electron chi connectivity index (χ2n) is 8.88. The number of carboxylic acid groups (broad SMARTS) is 1. The summed E-state index contributed by atoms with van der Waals surface area (Å²) in [5, 5.41) is 9.71. The first-order chi connectivity index (χ1) is 17.0. The number of ether oxygens (including phenoxy) is 2. The van der Waals surface area contributed by atoms with Crippen LogP contribution in [0.15, 0.2) is 59.1 Å². The molecule has 1 N–H and O–H groups in total. The van der Waals surface area contributed by atoms with Gasteiger partial charge in [-0.15, -0.1) is 11.8 Å². The highest BCUT2D eigenvalue weighted by Crippen LogP contribution is 2.35. The number of rotatable bonds is 11. The fourth-order valence-electron chi connectivity index (χ4n) is 4.20. The number of aliphatic carboxylic acids is 1. The Balaban J connectivity index is 1.49. The maximum Gasteiger partial charge on any atom is 0.331 e. The highest BCUT2D eigenvalue weighted by molar-refractivity contribution is 8.03. The number of carboxylic acids is 1. The fourth-order valence-corrected chi connectivity index (χ4v) is 5.14. The second kappa shape index (κ2) is 12.2. The molecule has 0 aromatic heterocycles. The van der Waals surface area contributed by atoms with Crippen LogP contribution in [-0.2, 0) is 9.53 Å². The van der Waals surface area contributed by atoms with Gasteiger partial charge in [-0.05, 0) is 59.9 Å². The predicted octanol–water partition coefficient (Wildman–Crippen LogP) is 5.70. The molecule has 2 heterocycles. The molecule has 0 bridgehead atoms. The van der Waals surface area contributed by atoms with Gasteiger partial charge in [0, 0.05) is 42.6 Å². The SMILES string of the molecule is CCCCOCCOc1ccc(-c2ccc3c(c2)C=C(C(=O)O)CCN3CC2=CN(C)CS2)cc1. The average molecular weight is 495 g/mol. The van der Waals surface area contributed by atoms with Gasteiger partial charge in [0.05, 0.1) is 19.0 Å². The summed E-state index contributed by atoms with van der Waals surface area (Å²) in [7, 11) is 2.07. The third-order valence-corrected chi connectivity index (χ3v) is 7.26. The van der Waals surface area contributed by atoms with E-state index < -0.39 is 5.97 Å². The topological polar surface area (TPSA) is 62.2 Å². The van der Waals surface area contributed by atoms with Crippen molar-refractivity contribution in [3.8, 4) is 16.9 Å². The van der Waals surface area contributed by atoms with E-state index in [1.54, 1.807) is 0 Å². The van der Waals surface area contributed by atoms with Crippen LogP contribution < -0.4 is 9.64 Å². The van der Waals surface area contributed by atoms with Gasteiger partial charge in [0.1, 0.15) is 12.4 Å². The number of nitrogens with zero attached hydrogens (tertiary/aromatic N) is 2. The van der Waals surface area contributed by atoms with Crippen molar-refractivity contribution in [1.29, 1.82) is 0 Å². The Hall–Kier alpha value is -2.90. The first-order valence-electron chi connectivity index (χ1n) is 12.2. The lowest BCUT2D eigenvalue weighted by Crippen LogP contribution is -2.26. The second-order valence-corrected chi connectivity index (χ2v) is 9.96. The van der Waals surface area contributed by atoms with Gasteiger partial charge in [-0.1, -0.05) is 31.5 Å². The molecule has 0 saturated carbocycles. The van der Waals surface area contributed by atoms with Gasteiger partial charge in [-0.25, -0.2) is 4.79 Å². The summed E-state index contributed by atoms with van der Waals surface area (Å²) in [6.45, 7) is 5.52. The zero-order valence-corrected chi connectivity index (χ0v) is 21.4.